The molecule has 0 spiro atoms. The summed E-state index contributed by atoms with van der Waals surface area (Å²) in [6.07, 6.45) is 0.964. The molecule has 152 valence electrons. The molecule has 0 amide bonds. The molecule has 2 aromatic rings. The minimum Gasteiger partial charge on any atom is -0.379 e. The van der Waals surface area contributed by atoms with Gasteiger partial charge in [-0.2, -0.15) is 0 Å². The maximum absolute atomic E-state index is 13.7. The number of halogens is 2. The van der Waals surface area contributed by atoms with Crippen LogP contribution in [0.2, 0.25) is 0 Å². The Kier molecular flexibility index (Phi) is 9.14. The third-order valence-corrected chi connectivity index (χ3v) is 4.76. The van der Waals surface area contributed by atoms with Gasteiger partial charge in [-0.15, -0.1) is 24.0 Å². The van der Waals surface area contributed by atoms with Crippen molar-refractivity contribution in [2.45, 2.75) is 19.4 Å². The fraction of sp³-hybridized carbons (Fsp3) is 0.381. The van der Waals surface area contributed by atoms with E-state index in [2.05, 4.69) is 34.3 Å². The second kappa shape index (κ2) is 11.3. The van der Waals surface area contributed by atoms with Gasteiger partial charge in [-0.05, 0) is 41.8 Å². The number of guanidine groups is 1. The van der Waals surface area contributed by atoms with Crippen molar-refractivity contribution in [2.24, 2.45) is 10.7 Å². The van der Waals surface area contributed by atoms with Crippen molar-refractivity contribution >= 4 is 35.6 Å². The van der Waals surface area contributed by atoms with Crippen LogP contribution in [0.3, 0.4) is 0 Å². The maximum atomic E-state index is 13.7. The van der Waals surface area contributed by atoms with Crippen molar-refractivity contribution in [3.05, 3.63) is 65.5 Å². The first kappa shape index (κ1) is 22.6. The van der Waals surface area contributed by atoms with E-state index in [1.165, 1.54) is 11.6 Å². The van der Waals surface area contributed by atoms with E-state index in [9.17, 15) is 4.39 Å². The van der Waals surface area contributed by atoms with Gasteiger partial charge in [0.25, 0.3) is 0 Å². The molecule has 0 saturated carbocycles. The summed E-state index contributed by atoms with van der Waals surface area (Å²) in [4.78, 5) is 6.81. The first-order valence-electron chi connectivity index (χ1n) is 9.39. The summed E-state index contributed by atoms with van der Waals surface area (Å²) in [7, 11) is 0. The van der Waals surface area contributed by atoms with E-state index in [0.717, 1.165) is 30.8 Å². The number of anilines is 1. The average Bonchev–Trinajstić information content (AvgIpc) is 2.69. The van der Waals surface area contributed by atoms with E-state index < -0.39 is 0 Å². The van der Waals surface area contributed by atoms with Crippen molar-refractivity contribution in [1.82, 2.24) is 4.90 Å². The third-order valence-electron chi connectivity index (χ3n) is 4.76. The number of hydrogen-bond acceptors (Lipinski definition) is 3. The van der Waals surface area contributed by atoms with Crippen molar-refractivity contribution in [3.63, 3.8) is 0 Å². The molecular weight excluding hydrogens is 470 g/mol. The quantitative estimate of drug-likeness (QED) is 0.362. The van der Waals surface area contributed by atoms with Crippen molar-refractivity contribution < 1.29 is 9.13 Å². The van der Waals surface area contributed by atoms with Gasteiger partial charge >= 0.3 is 0 Å². The minimum absolute atomic E-state index is 0. The topological polar surface area (TPSA) is 62.9 Å². The lowest BCUT2D eigenvalue weighted by Crippen LogP contribution is -2.40. The Morgan fingerprint density at radius 3 is 2.68 bits per heavy atom. The fourth-order valence-corrected chi connectivity index (χ4v) is 3.28. The van der Waals surface area contributed by atoms with Crippen LogP contribution in [-0.4, -0.2) is 43.7 Å². The smallest absolute Gasteiger partial charge is 0.193 e. The molecule has 3 N–H and O–H groups in total. The lowest BCUT2D eigenvalue weighted by atomic mass is 10.0. The van der Waals surface area contributed by atoms with Gasteiger partial charge in [0.2, 0.25) is 0 Å². The fourth-order valence-electron chi connectivity index (χ4n) is 3.28. The van der Waals surface area contributed by atoms with Crippen molar-refractivity contribution in [3.8, 4) is 0 Å². The molecule has 1 heterocycles. The normalized spacial score (nSPS) is 16.3. The number of aryl methyl sites for hydroxylation is 1. The van der Waals surface area contributed by atoms with Crippen molar-refractivity contribution in [2.75, 3.05) is 38.2 Å². The molecule has 0 radical (unpaired) electrons. The Morgan fingerprint density at radius 2 is 1.96 bits per heavy atom. The van der Waals surface area contributed by atoms with Crippen LogP contribution in [0, 0.1) is 5.82 Å². The van der Waals surface area contributed by atoms with Crippen LogP contribution >= 0.6 is 24.0 Å². The Bertz CT molecular complexity index is 781. The summed E-state index contributed by atoms with van der Waals surface area (Å²) >= 11 is 0. The molecule has 0 aromatic heterocycles. The summed E-state index contributed by atoms with van der Waals surface area (Å²) in [5.41, 5.74) is 9.16. The van der Waals surface area contributed by atoms with E-state index in [0.29, 0.717) is 25.7 Å². The van der Waals surface area contributed by atoms with Crippen LogP contribution in [0.4, 0.5) is 10.1 Å². The zero-order valence-electron chi connectivity index (χ0n) is 16.1. The number of morpholine rings is 1. The number of nitrogens with two attached hydrogens (primary N) is 1. The van der Waals surface area contributed by atoms with E-state index in [1.807, 2.05) is 18.2 Å². The first-order chi connectivity index (χ1) is 13.2. The molecule has 1 aliphatic rings. The van der Waals surface area contributed by atoms with Gasteiger partial charge in [-0.25, -0.2) is 4.39 Å². The molecule has 0 bridgehead atoms. The largest absolute Gasteiger partial charge is 0.379 e. The summed E-state index contributed by atoms with van der Waals surface area (Å²) in [6, 6.07) is 14.8. The summed E-state index contributed by atoms with van der Waals surface area (Å²) in [6.45, 7) is 5.50. The first-order valence-corrected chi connectivity index (χ1v) is 9.39. The highest BCUT2D eigenvalue weighted by Crippen LogP contribution is 2.23. The van der Waals surface area contributed by atoms with Crippen LogP contribution in [0.5, 0.6) is 0 Å². The zero-order valence-corrected chi connectivity index (χ0v) is 18.4. The van der Waals surface area contributed by atoms with Crippen LogP contribution in [0.25, 0.3) is 0 Å². The van der Waals surface area contributed by atoms with E-state index in [-0.39, 0.29) is 35.8 Å². The van der Waals surface area contributed by atoms with Gasteiger partial charge in [0.1, 0.15) is 5.82 Å². The molecule has 1 unspecified atom stereocenters. The zero-order chi connectivity index (χ0) is 19.1. The molecule has 28 heavy (non-hydrogen) atoms. The lowest BCUT2D eigenvalue weighted by molar-refractivity contribution is 0.0179. The van der Waals surface area contributed by atoms with E-state index in [4.69, 9.17) is 10.5 Å². The number of rotatable bonds is 6. The predicted molar refractivity (Wildman–Crippen MR) is 123 cm³/mol. The summed E-state index contributed by atoms with van der Waals surface area (Å²) < 4.78 is 19.2. The average molecular weight is 498 g/mol. The van der Waals surface area contributed by atoms with Crippen molar-refractivity contribution in [1.29, 1.82) is 0 Å². The lowest BCUT2D eigenvalue weighted by Gasteiger charge is -2.34. The molecule has 1 saturated heterocycles. The maximum Gasteiger partial charge on any atom is 0.193 e. The predicted octanol–water partition coefficient (Wildman–Crippen LogP) is 3.81. The highest BCUT2D eigenvalue weighted by molar-refractivity contribution is 14.0. The molecule has 0 aliphatic carbocycles. The standard InChI is InChI=1S/C21H27FN4O.HI/c1-2-16-5-3-8-19(13-16)25-21(23)24-15-20(26-9-11-27-12-10-26)17-6-4-7-18(22)14-17;/h3-8,13-14,20H,2,9-12,15H2,1H3,(H3,23,24,25);1H. The van der Waals surface area contributed by atoms with Gasteiger partial charge < -0.3 is 15.8 Å². The Balaban J connectivity index is 0.00000280. The van der Waals surface area contributed by atoms with E-state index in [1.54, 1.807) is 12.1 Å². The molecule has 7 heteroatoms. The second-order valence-electron chi connectivity index (χ2n) is 6.62. The van der Waals surface area contributed by atoms with Gasteiger partial charge in [-0.3, -0.25) is 9.89 Å². The minimum atomic E-state index is -0.239. The van der Waals surface area contributed by atoms with Gasteiger partial charge in [0.05, 0.1) is 25.8 Å². The number of nitrogens with one attached hydrogen (secondary N) is 1. The highest BCUT2D eigenvalue weighted by Gasteiger charge is 2.22. The molecule has 3 rings (SSSR count). The Labute approximate surface area is 183 Å². The third kappa shape index (κ3) is 6.42. The van der Waals surface area contributed by atoms with Crippen LogP contribution in [0.1, 0.15) is 24.1 Å². The second-order valence-corrected chi connectivity index (χ2v) is 6.62. The monoisotopic (exact) mass is 498 g/mol. The molecular formula is C21H28FIN4O. The van der Waals surface area contributed by atoms with Gasteiger partial charge in [-0.1, -0.05) is 31.2 Å². The van der Waals surface area contributed by atoms with Crippen LogP contribution < -0.4 is 11.1 Å². The number of aliphatic imine (C=N–C) groups is 1. The Hall–Kier alpha value is -1.71. The highest BCUT2D eigenvalue weighted by atomic mass is 127. The molecule has 2 aromatic carbocycles. The number of ether oxygens (including phenoxy) is 1. The van der Waals surface area contributed by atoms with E-state index >= 15 is 0 Å². The van der Waals surface area contributed by atoms with Gasteiger partial charge in [0, 0.05) is 18.8 Å². The SMILES string of the molecule is CCc1cccc(NC(N)=NCC(c2cccc(F)c2)N2CCOCC2)c1.I. The van der Waals surface area contributed by atoms with Crippen LogP contribution in [0.15, 0.2) is 53.5 Å². The number of benzene rings is 2. The molecule has 1 atom stereocenters. The molecule has 1 fully saturated rings. The molecule has 5 nitrogen and oxygen atoms in total. The molecule has 1 aliphatic heterocycles. The number of hydrogen-bond donors (Lipinski definition) is 2. The summed E-state index contributed by atoms with van der Waals surface area (Å²) in [5, 5.41) is 3.15. The van der Waals surface area contributed by atoms with Gasteiger partial charge in [0.15, 0.2) is 5.96 Å². The number of nitrogens with zero attached hydrogens (tertiary/aromatic N) is 2. The summed E-state index contributed by atoms with van der Waals surface area (Å²) in [5.74, 6) is 0.120. The Morgan fingerprint density at radius 1 is 1.21 bits per heavy atom. The van der Waals surface area contributed by atoms with Crippen LogP contribution in [-0.2, 0) is 11.2 Å².